The van der Waals surface area contributed by atoms with Crippen LogP contribution < -0.4 is 5.73 Å². The topological polar surface area (TPSA) is 46.2 Å². The minimum Gasteiger partial charge on any atom is -0.394 e. The van der Waals surface area contributed by atoms with Crippen molar-refractivity contribution in [3.8, 4) is 0 Å². The van der Waals surface area contributed by atoms with Gasteiger partial charge in [0.15, 0.2) is 0 Å². The summed E-state index contributed by atoms with van der Waals surface area (Å²) in [7, 11) is 0. The van der Waals surface area contributed by atoms with E-state index in [0.717, 1.165) is 11.7 Å². The highest BCUT2D eigenvalue weighted by Crippen LogP contribution is 2.28. The van der Waals surface area contributed by atoms with Crippen LogP contribution in [0, 0.1) is 5.92 Å². The second kappa shape index (κ2) is 5.23. The van der Waals surface area contributed by atoms with Crippen molar-refractivity contribution in [3.05, 3.63) is 0 Å². The highest BCUT2D eigenvalue weighted by atomic mass is 32.2. The summed E-state index contributed by atoms with van der Waals surface area (Å²) >= 11 is 1.90. The van der Waals surface area contributed by atoms with Crippen molar-refractivity contribution in [3.63, 3.8) is 0 Å². The van der Waals surface area contributed by atoms with Gasteiger partial charge in [-0.3, -0.25) is 0 Å². The quantitative estimate of drug-likeness (QED) is 0.714. The first-order chi connectivity index (χ1) is 6.14. The predicted octanol–water partition coefficient (Wildman–Crippen LogP) is 1.62. The van der Waals surface area contributed by atoms with Gasteiger partial charge in [-0.05, 0) is 31.4 Å². The van der Waals surface area contributed by atoms with Crippen molar-refractivity contribution in [2.45, 2.75) is 38.1 Å². The van der Waals surface area contributed by atoms with E-state index in [2.05, 4.69) is 0 Å². The molecule has 3 heteroatoms. The number of rotatable bonds is 5. The van der Waals surface area contributed by atoms with Crippen LogP contribution in [0.3, 0.4) is 0 Å². The van der Waals surface area contributed by atoms with Crippen LogP contribution in [0.2, 0.25) is 0 Å². The Balaban J connectivity index is 2.06. The summed E-state index contributed by atoms with van der Waals surface area (Å²) in [5, 5.41) is 8.95. The molecule has 1 saturated carbocycles. The van der Waals surface area contributed by atoms with Crippen molar-refractivity contribution in [2.24, 2.45) is 11.7 Å². The maximum Gasteiger partial charge on any atom is 0.0616 e. The third-order valence-electron chi connectivity index (χ3n) is 2.62. The Hall–Kier alpha value is 0.270. The van der Waals surface area contributed by atoms with Gasteiger partial charge < -0.3 is 10.8 Å². The molecule has 0 amide bonds. The Morgan fingerprint density at radius 3 is 2.62 bits per heavy atom. The van der Waals surface area contributed by atoms with Crippen LogP contribution in [0.1, 0.15) is 32.6 Å². The van der Waals surface area contributed by atoms with Crippen LogP contribution >= 0.6 is 11.8 Å². The van der Waals surface area contributed by atoms with Gasteiger partial charge in [-0.15, -0.1) is 0 Å². The number of hydrogen-bond donors (Lipinski definition) is 2. The highest BCUT2D eigenvalue weighted by molar-refractivity contribution is 7.99. The summed E-state index contributed by atoms with van der Waals surface area (Å²) < 4.78 is 0. The summed E-state index contributed by atoms with van der Waals surface area (Å²) in [5.74, 6) is 3.02. The Morgan fingerprint density at radius 1 is 1.46 bits per heavy atom. The minimum absolute atomic E-state index is 0.0880. The summed E-state index contributed by atoms with van der Waals surface area (Å²) in [6.45, 7) is 2.00. The van der Waals surface area contributed by atoms with Crippen LogP contribution in [0.15, 0.2) is 0 Å². The smallest absolute Gasteiger partial charge is 0.0616 e. The standard InChI is InChI=1S/C10H21NOS/c1-10(11,7-12)8-13-6-9-4-2-3-5-9/h9,12H,2-8,11H2,1H3. The Labute approximate surface area is 85.3 Å². The lowest BCUT2D eigenvalue weighted by Crippen LogP contribution is -2.42. The summed E-state index contributed by atoms with van der Waals surface area (Å²) in [5.41, 5.74) is 5.44. The molecule has 1 fully saturated rings. The van der Waals surface area contributed by atoms with Gasteiger partial charge in [0.05, 0.1) is 6.61 Å². The molecule has 1 unspecified atom stereocenters. The summed E-state index contributed by atoms with van der Waals surface area (Å²) in [6, 6.07) is 0. The van der Waals surface area contributed by atoms with E-state index in [1.54, 1.807) is 0 Å². The second-order valence-corrected chi connectivity index (χ2v) is 5.51. The average Bonchev–Trinajstić information content (AvgIpc) is 2.57. The molecule has 13 heavy (non-hydrogen) atoms. The molecule has 1 aliphatic rings. The lowest BCUT2D eigenvalue weighted by molar-refractivity contribution is 0.224. The zero-order valence-electron chi connectivity index (χ0n) is 8.46. The van der Waals surface area contributed by atoms with Crippen LogP contribution in [0.25, 0.3) is 0 Å². The van der Waals surface area contributed by atoms with Gasteiger partial charge in [0.2, 0.25) is 0 Å². The number of aliphatic hydroxyl groups is 1. The molecule has 2 nitrogen and oxygen atoms in total. The van der Waals surface area contributed by atoms with Crippen LogP contribution in [-0.2, 0) is 0 Å². The van der Waals surface area contributed by atoms with E-state index in [9.17, 15) is 0 Å². The predicted molar refractivity (Wildman–Crippen MR) is 59.0 cm³/mol. The van der Waals surface area contributed by atoms with Crippen molar-refractivity contribution in [1.82, 2.24) is 0 Å². The molecule has 0 radical (unpaired) electrons. The third kappa shape index (κ3) is 4.34. The molecule has 0 aliphatic heterocycles. The van der Waals surface area contributed by atoms with E-state index in [0.29, 0.717) is 0 Å². The molecular weight excluding hydrogens is 182 g/mol. The molecule has 1 aliphatic carbocycles. The Kier molecular flexibility index (Phi) is 4.56. The van der Waals surface area contributed by atoms with Crippen molar-refractivity contribution >= 4 is 11.8 Å². The molecule has 1 atom stereocenters. The maximum absolute atomic E-state index is 8.95. The third-order valence-corrected chi connectivity index (χ3v) is 4.19. The largest absolute Gasteiger partial charge is 0.394 e. The van der Waals surface area contributed by atoms with Gasteiger partial charge in [0, 0.05) is 11.3 Å². The van der Waals surface area contributed by atoms with E-state index in [1.165, 1.54) is 31.4 Å². The molecule has 3 N–H and O–H groups in total. The monoisotopic (exact) mass is 203 g/mol. The van der Waals surface area contributed by atoms with Gasteiger partial charge >= 0.3 is 0 Å². The van der Waals surface area contributed by atoms with Crippen molar-refractivity contribution in [1.29, 1.82) is 0 Å². The molecule has 0 aromatic rings. The van der Waals surface area contributed by atoms with Crippen LogP contribution in [0.5, 0.6) is 0 Å². The zero-order chi connectivity index (χ0) is 9.73. The van der Waals surface area contributed by atoms with Gasteiger partial charge in [-0.25, -0.2) is 0 Å². The first-order valence-electron chi connectivity index (χ1n) is 5.11. The lowest BCUT2D eigenvalue weighted by Gasteiger charge is -2.21. The molecule has 0 aromatic heterocycles. The number of aliphatic hydroxyl groups excluding tert-OH is 1. The molecular formula is C10H21NOS. The van der Waals surface area contributed by atoms with E-state index in [-0.39, 0.29) is 12.1 Å². The minimum atomic E-state index is -0.386. The fourth-order valence-corrected chi connectivity index (χ4v) is 3.02. The fourth-order valence-electron chi connectivity index (χ4n) is 1.68. The lowest BCUT2D eigenvalue weighted by atomic mass is 10.1. The van der Waals surface area contributed by atoms with Gasteiger partial charge in [-0.2, -0.15) is 11.8 Å². The molecule has 0 spiro atoms. The normalized spacial score (nSPS) is 23.3. The first kappa shape index (κ1) is 11.3. The molecule has 0 bridgehead atoms. The molecule has 0 aromatic carbocycles. The Morgan fingerprint density at radius 2 is 2.08 bits per heavy atom. The fraction of sp³-hybridized carbons (Fsp3) is 1.00. The van der Waals surface area contributed by atoms with Crippen molar-refractivity contribution in [2.75, 3.05) is 18.1 Å². The molecule has 78 valence electrons. The van der Waals surface area contributed by atoms with E-state index in [4.69, 9.17) is 10.8 Å². The molecule has 1 rings (SSSR count). The molecule has 0 saturated heterocycles. The molecule has 0 heterocycles. The van der Waals surface area contributed by atoms with Crippen LogP contribution in [-0.4, -0.2) is 28.8 Å². The van der Waals surface area contributed by atoms with Gasteiger partial charge in [-0.1, -0.05) is 12.8 Å². The van der Waals surface area contributed by atoms with Crippen LogP contribution in [0.4, 0.5) is 0 Å². The Bertz CT molecular complexity index is 144. The van der Waals surface area contributed by atoms with Gasteiger partial charge in [0.1, 0.15) is 0 Å². The number of thioether (sulfide) groups is 1. The first-order valence-corrected chi connectivity index (χ1v) is 6.27. The number of hydrogen-bond acceptors (Lipinski definition) is 3. The second-order valence-electron chi connectivity index (χ2n) is 4.48. The maximum atomic E-state index is 8.95. The summed E-state index contributed by atoms with van der Waals surface area (Å²) in [6.07, 6.45) is 5.61. The zero-order valence-corrected chi connectivity index (χ0v) is 9.28. The van der Waals surface area contributed by atoms with Crippen molar-refractivity contribution < 1.29 is 5.11 Å². The van der Waals surface area contributed by atoms with E-state index < -0.39 is 0 Å². The van der Waals surface area contributed by atoms with E-state index >= 15 is 0 Å². The average molecular weight is 203 g/mol. The van der Waals surface area contributed by atoms with E-state index in [1.807, 2.05) is 18.7 Å². The highest BCUT2D eigenvalue weighted by Gasteiger charge is 2.19. The number of nitrogens with two attached hydrogens (primary N) is 1. The summed E-state index contributed by atoms with van der Waals surface area (Å²) in [4.78, 5) is 0. The SMILES string of the molecule is CC(N)(CO)CSCC1CCCC1. The van der Waals surface area contributed by atoms with Gasteiger partial charge in [0.25, 0.3) is 0 Å².